The Morgan fingerprint density at radius 3 is 2.67 bits per heavy atom. The zero-order chi connectivity index (χ0) is 15.2. The standard InChI is InChI=1S/C14H15N3O3S/c15-12(9-4-2-1-3-5-9)13(18)16-7-6-11-17-10(8-21-11)14(19)20/h1-5,8,12H,6-7,15H2,(H,16,18)(H,19,20)/t12-/m0/s1. The SMILES string of the molecule is N[C@H](C(=O)NCCc1nc(C(=O)O)cs1)c1ccccc1. The quantitative estimate of drug-likeness (QED) is 0.743. The summed E-state index contributed by atoms with van der Waals surface area (Å²) in [5, 5.41) is 13.6. The van der Waals surface area contributed by atoms with Crippen molar-refractivity contribution < 1.29 is 14.7 Å². The van der Waals surface area contributed by atoms with E-state index in [1.54, 1.807) is 12.1 Å². The first-order valence-corrected chi connectivity index (χ1v) is 7.22. The summed E-state index contributed by atoms with van der Waals surface area (Å²) in [6.07, 6.45) is 0.477. The van der Waals surface area contributed by atoms with E-state index in [4.69, 9.17) is 10.8 Å². The fourth-order valence-corrected chi connectivity index (χ4v) is 2.51. The molecule has 21 heavy (non-hydrogen) atoms. The lowest BCUT2D eigenvalue weighted by molar-refractivity contribution is -0.122. The molecular formula is C14H15N3O3S. The number of thiazole rings is 1. The number of rotatable bonds is 6. The molecule has 1 atom stereocenters. The molecule has 0 saturated carbocycles. The van der Waals surface area contributed by atoms with Crippen LogP contribution in [0.5, 0.6) is 0 Å². The largest absolute Gasteiger partial charge is 0.476 e. The van der Waals surface area contributed by atoms with E-state index in [1.807, 2.05) is 18.2 Å². The van der Waals surface area contributed by atoms with Gasteiger partial charge in [-0.05, 0) is 5.56 Å². The number of carbonyl (C=O) groups is 2. The highest BCUT2D eigenvalue weighted by Gasteiger charge is 2.15. The predicted octanol–water partition coefficient (Wildman–Crippen LogP) is 1.20. The van der Waals surface area contributed by atoms with Crippen LogP contribution >= 0.6 is 11.3 Å². The van der Waals surface area contributed by atoms with Crippen molar-refractivity contribution in [3.05, 3.63) is 52.0 Å². The van der Waals surface area contributed by atoms with E-state index in [2.05, 4.69) is 10.3 Å². The van der Waals surface area contributed by atoms with Crippen molar-refractivity contribution >= 4 is 23.2 Å². The van der Waals surface area contributed by atoms with Crippen LogP contribution in [0.2, 0.25) is 0 Å². The van der Waals surface area contributed by atoms with Crippen molar-refractivity contribution in [1.29, 1.82) is 0 Å². The normalized spacial score (nSPS) is 11.9. The maximum Gasteiger partial charge on any atom is 0.355 e. The minimum absolute atomic E-state index is 0.0299. The molecule has 4 N–H and O–H groups in total. The zero-order valence-corrected chi connectivity index (χ0v) is 12.0. The maximum absolute atomic E-state index is 11.9. The van der Waals surface area contributed by atoms with Crippen molar-refractivity contribution in [2.75, 3.05) is 6.54 Å². The van der Waals surface area contributed by atoms with Gasteiger partial charge in [-0.2, -0.15) is 0 Å². The number of aromatic nitrogens is 1. The Morgan fingerprint density at radius 1 is 1.33 bits per heavy atom. The molecule has 1 aromatic heterocycles. The lowest BCUT2D eigenvalue weighted by Gasteiger charge is -2.11. The van der Waals surface area contributed by atoms with Crippen LogP contribution in [0.25, 0.3) is 0 Å². The van der Waals surface area contributed by atoms with Crippen LogP contribution in [0.3, 0.4) is 0 Å². The molecule has 0 fully saturated rings. The second kappa shape index (κ2) is 6.96. The Labute approximate surface area is 125 Å². The van der Waals surface area contributed by atoms with Crippen LogP contribution in [-0.2, 0) is 11.2 Å². The maximum atomic E-state index is 11.9. The van der Waals surface area contributed by atoms with Gasteiger partial charge in [0.05, 0.1) is 5.01 Å². The van der Waals surface area contributed by atoms with Crippen molar-refractivity contribution in [1.82, 2.24) is 10.3 Å². The minimum atomic E-state index is -1.05. The van der Waals surface area contributed by atoms with Gasteiger partial charge in [0.25, 0.3) is 0 Å². The Balaban J connectivity index is 1.82. The molecule has 2 aromatic rings. The summed E-state index contributed by atoms with van der Waals surface area (Å²) in [4.78, 5) is 26.5. The van der Waals surface area contributed by atoms with Gasteiger partial charge in [-0.3, -0.25) is 4.79 Å². The van der Waals surface area contributed by atoms with E-state index in [9.17, 15) is 9.59 Å². The second-order valence-electron chi connectivity index (χ2n) is 4.36. The summed E-state index contributed by atoms with van der Waals surface area (Å²) < 4.78 is 0. The molecule has 0 radical (unpaired) electrons. The van der Waals surface area contributed by atoms with Crippen molar-refractivity contribution in [3.8, 4) is 0 Å². The number of aromatic carboxylic acids is 1. The predicted molar refractivity (Wildman–Crippen MR) is 79.2 cm³/mol. The third kappa shape index (κ3) is 4.11. The van der Waals surface area contributed by atoms with E-state index in [1.165, 1.54) is 16.7 Å². The minimum Gasteiger partial charge on any atom is -0.476 e. The third-order valence-electron chi connectivity index (χ3n) is 2.85. The summed E-state index contributed by atoms with van der Waals surface area (Å²) in [5.74, 6) is -1.32. The molecule has 1 heterocycles. The molecule has 0 unspecified atom stereocenters. The molecule has 0 aliphatic rings. The number of hydrogen-bond donors (Lipinski definition) is 3. The number of nitrogens with zero attached hydrogens (tertiary/aromatic N) is 1. The highest BCUT2D eigenvalue weighted by atomic mass is 32.1. The van der Waals surface area contributed by atoms with Gasteiger partial charge >= 0.3 is 5.97 Å². The molecular weight excluding hydrogens is 290 g/mol. The van der Waals surface area contributed by atoms with Gasteiger partial charge in [0, 0.05) is 18.3 Å². The van der Waals surface area contributed by atoms with Crippen molar-refractivity contribution in [3.63, 3.8) is 0 Å². The highest BCUT2D eigenvalue weighted by molar-refractivity contribution is 7.09. The zero-order valence-electron chi connectivity index (χ0n) is 11.2. The number of nitrogens with one attached hydrogen (secondary N) is 1. The van der Waals surface area contributed by atoms with Crippen LogP contribution in [0, 0.1) is 0 Å². The number of nitrogens with two attached hydrogens (primary N) is 1. The van der Waals surface area contributed by atoms with E-state index in [0.717, 1.165) is 5.56 Å². The lowest BCUT2D eigenvalue weighted by atomic mass is 10.1. The molecule has 1 aromatic carbocycles. The van der Waals surface area contributed by atoms with Gasteiger partial charge in [-0.1, -0.05) is 30.3 Å². The van der Waals surface area contributed by atoms with E-state index >= 15 is 0 Å². The van der Waals surface area contributed by atoms with Crippen LogP contribution < -0.4 is 11.1 Å². The summed E-state index contributed by atoms with van der Waals surface area (Å²) in [7, 11) is 0. The van der Waals surface area contributed by atoms with Gasteiger partial charge in [0.15, 0.2) is 5.69 Å². The number of amides is 1. The van der Waals surface area contributed by atoms with Crippen LogP contribution in [0.1, 0.15) is 27.1 Å². The average molecular weight is 305 g/mol. The first-order valence-electron chi connectivity index (χ1n) is 6.34. The smallest absolute Gasteiger partial charge is 0.355 e. The Kier molecular flexibility index (Phi) is 5.02. The lowest BCUT2D eigenvalue weighted by Crippen LogP contribution is -2.35. The Morgan fingerprint density at radius 2 is 2.05 bits per heavy atom. The fraction of sp³-hybridized carbons (Fsp3) is 0.214. The summed E-state index contributed by atoms with van der Waals surface area (Å²) in [5.41, 5.74) is 6.64. The first kappa shape index (κ1) is 15.1. The first-order chi connectivity index (χ1) is 10.1. The molecule has 6 nitrogen and oxygen atoms in total. The Hall–Kier alpha value is -2.25. The van der Waals surface area contributed by atoms with Crippen molar-refractivity contribution in [2.24, 2.45) is 5.73 Å². The van der Waals surface area contributed by atoms with Gasteiger partial charge in [0.2, 0.25) is 5.91 Å². The third-order valence-corrected chi connectivity index (χ3v) is 3.76. The summed E-state index contributed by atoms with van der Waals surface area (Å²) in [6.45, 7) is 0.367. The number of carboxylic acids is 1. The molecule has 0 aliphatic heterocycles. The molecule has 0 bridgehead atoms. The number of benzene rings is 1. The van der Waals surface area contributed by atoms with E-state index in [-0.39, 0.29) is 11.6 Å². The van der Waals surface area contributed by atoms with Crippen molar-refractivity contribution in [2.45, 2.75) is 12.5 Å². The van der Waals surface area contributed by atoms with Crippen LogP contribution in [-0.4, -0.2) is 28.5 Å². The second-order valence-corrected chi connectivity index (χ2v) is 5.30. The number of carbonyl (C=O) groups excluding carboxylic acids is 1. The van der Waals surface area contributed by atoms with Gasteiger partial charge in [-0.15, -0.1) is 11.3 Å². The van der Waals surface area contributed by atoms with Gasteiger partial charge in [0.1, 0.15) is 6.04 Å². The van der Waals surface area contributed by atoms with Gasteiger partial charge < -0.3 is 16.2 Å². The van der Waals surface area contributed by atoms with Crippen LogP contribution in [0.15, 0.2) is 35.7 Å². The van der Waals surface area contributed by atoms with E-state index < -0.39 is 12.0 Å². The fourth-order valence-electron chi connectivity index (χ4n) is 1.74. The molecule has 110 valence electrons. The average Bonchev–Trinajstić information content (AvgIpc) is 2.96. The highest BCUT2D eigenvalue weighted by Crippen LogP contribution is 2.11. The molecule has 0 saturated heterocycles. The monoisotopic (exact) mass is 305 g/mol. The molecule has 0 spiro atoms. The number of hydrogen-bond acceptors (Lipinski definition) is 5. The Bertz CT molecular complexity index is 627. The molecule has 0 aliphatic carbocycles. The number of carboxylic acid groups (broad SMARTS) is 1. The molecule has 2 rings (SSSR count). The van der Waals surface area contributed by atoms with Crippen LogP contribution in [0.4, 0.5) is 0 Å². The van der Waals surface area contributed by atoms with E-state index in [0.29, 0.717) is 18.0 Å². The topological polar surface area (TPSA) is 105 Å². The summed E-state index contributed by atoms with van der Waals surface area (Å²) >= 11 is 1.26. The summed E-state index contributed by atoms with van der Waals surface area (Å²) in [6, 6.07) is 8.39. The van der Waals surface area contributed by atoms with Gasteiger partial charge in [-0.25, -0.2) is 9.78 Å². The molecule has 7 heteroatoms. The molecule has 1 amide bonds.